The number of nitrogens with one attached hydrogen (secondary N) is 1. The number of aliphatic carboxylic acids is 1. The minimum Gasteiger partial charge on any atom is -0.481 e. The van der Waals surface area contributed by atoms with Gasteiger partial charge in [-0.15, -0.1) is 0 Å². The summed E-state index contributed by atoms with van der Waals surface area (Å²) in [4.78, 5) is 29.5. The molecule has 1 heterocycles. The van der Waals surface area contributed by atoms with Gasteiger partial charge in [-0.2, -0.15) is 0 Å². The molecule has 0 radical (unpaired) electrons. The lowest BCUT2D eigenvalue weighted by molar-refractivity contribution is -0.139. The van der Waals surface area contributed by atoms with Crippen LogP contribution in [-0.4, -0.2) is 27.0 Å². The van der Waals surface area contributed by atoms with Gasteiger partial charge in [0.2, 0.25) is 11.2 Å². The monoisotopic (exact) mass is 275 g/mol. The maximum atomic E-state index is 11.6. The Balaban J connectivity index is 2.02. The minimum atomic E-state index is -0.969. The molecule has 0 saturated heterocycles. The molecular formula is C9H7Cl2N3O3. The normalized spacial score (nSPS) is 22.0. The van der Waals surface area contributed by atoms with Crippen LogP contribution in [0.2, 0.25) is 10.4 Å². The van der Waals surface area contributed by atoms with Gasteiger partial charge in [0, 0.05) is 6.07 Å². The molecule has 0 bridgehead atoms. The Morgan fingerprint density at radius 2 is 2.06 bits per heavy atom. The largest absolute Gasteiger partial charge is 0.481 e. The number of carboxylic acids is 1. The fraction of sp³-hybridized carbons (Fsp3) is 0.333. The van der Waals surface area contributed by atoms with E-state index in [1.165, 1.54) is 6.07 Å². The van der Waals surface area contributed by atoms with Gasteiger partial charge in [-0.1, -0.05) is 11.6 Å². The highest BCUT2D eigenvalue weighted by molar-refractivity contribution is 6.32. The summed E-state index contributed by atoms with van der Waals surface area (Å²) in [6.45, 7) is 0. The summed E-state index contributed by atoms with van der Waals surface area (Å²) in [7, 11) is 0. The van der Waals surface area contributed by atoms with Gasteiger partial charge in [0.25, 0.3) is 0 Å². The highest BCUT2D eigenvalue weighted by Crippen LogP contribution is 2.39. The summed E-state index contributed by atoms with van der Waals surface area (Å²) in [5, 5.41) is 11.1. The van der Waals surface area contributed by atoms with E-state index >= 15 is 0 Å². The Kier molecular flexibility index (Phi) is 3.17. The molecule has 0 spiro atoms. The van der Waals surface area contributed by atoms with Crippen molar-refractivity contribution in [2.75, 3.05) is 5.32 Å². The van der Waals surface area contributed by atoms with E-state index < -0.39 is 23.7 Å². The molecule has 1 amide bonds. The number of nitrogens with zero attached hydrogens (tertiary/aromatic N) is 2. The topological polar surface area (TPSA) is 92.2 Å². The third-order valence-corrected chi connectivity index (χ3v) is 2.73. The van der Waals surface area contributed by atoms with Gasteiger partial charge in [0.15, 0.2) is 0 Å². The predicted molar refractivity (Wildman–Crippen MR) is 59.9 cm³/mol. The van der Waals surface area contributed by atoms with Gasteiger partial charge in [-0.3, -0.25) is 9.59 Å². The van der Waals surface area contributed by atoms with Crippen LogP contribution in [0, 0.1) is 11.8 Å². The van der Waals surface area contributed by atoms with Crippen LogP contribution in [0.25, 0.3) is 0 Å². The third-order valence-electron chi connectivity index (χ3n) is 2.36. The molecule has 1 aliphatic carbocycles. The van der Waals surface area contributed by atoms with E-state index in [4.69, 9.17) is 28.3 Å². The third kappa shape index (κ3) is 2.83. The fourth-order valence-corrected chi connectivity index (χ4v) is 1.84. The fourth-order valence-electron chi connectivity index (χ4n) is 1.43. The van der Waals surface area contributed by atoms with Gasteiger partial charge < -0.3 is 10.4 Å². The zero-order valence-electron chi connectivity index (χ0n) is 8.35. The molecule has 6 nitrogen and oxygen atoms in total. The average molecular weight is 276 g/mol. The molecule has 8 heteroatoms. The Labute approximate surface area is 106 Å². The molecule has 1 aromatic rings. The Hall–Kier alpha value is -1.40. The second kappa shape index (κ2) is 4.46. The van der Waals surface area contributed by atoms with E-state index in [9.17, 15) is 9.59 Å². The van der Waals surface area contributed by atoms with Gasteiger partial charge in [-0.05, 0) is 18.0 Å². The average Bonchev–Trinajstić information content (AvgIpc) is 2.94. The van der Waals surface area contributed by atoms with Crippen LogP contribution in [0.3, 0.4) is 0 Å². The standard InChI is InChI=1S/C9H7Cl2N3O3/c10-5-2-6(14-9(11)12-5)13-7(15)3-1-4(3)8(16)17/h2-4H,1H2,(H,16,17)(H,12,13,14,15)/t3-,4+/m1/s1. The molecule has 0 aliphatic heterocycles. The summed E-state index contributed by atoms with van der Waals surface area (Å²) in [5.41, 5.74) is 0. The van der Waals surface area contributed by atoms with Gasteiger partial charge in [0.05, 0.1) is 11.8 Å². The molecular weight excluding hydrogens is 269 g/mol. The van der Waals surface area contributed by atoms with Gasteiger partial charge in [0.1, 0.15) is 11.0 Å². The number of hydrogen-bond donors (Lipinski definition) is 2. The van der Waals surface area contributed by atoms with Crippen molar-refractivity contribution in [2.45, 2.75) is 6.42 Å². The van der Waals surface area contributed by atoms with Crippen molar-refractivity contribution >= 4 is 40.9 Å². The molecule has 1 aromatic heterocycles. The molecule has 2 N–H and O–H groups in total. The van der Waals surface area contributed by atoms with Crippen LogP contribution in [0.4, 0.5) is 5.82 Å². The van der Waals surface area contributed by atoms with E-state index in [1.807, 2.05) is 0 Å². The first-order chi connectivity index (χ1) is 7.97. The van der Waals surface area contributed by atoms with Crippen LogP contribution in [0.1, 0.15) is 6.42 Å². The number of amides is 1. The van der Waals surface area contributed by atoms with Crippen LogP contribution in [-0.2, 0) is 9.59 Å². The molecule has 1 saturated carbocycles. The Morgan fingerprint density at radius 3 is 2.59 bits per heavy atom. The quantitative estimate of drug-likeness (QED) is 0.643. The minimum absolute atomic E-state index is 0.0848. The number of carbonyl (C=O) groups is 2. The second-order valence-electron chi connectivity index (χ2n) is 3.62. The van der Waals surface area contributed by atoms with E-state index in [0.29, 0.717) is 6.42 Å². The van der Waals surface area contributed by atoms with E-state index in [2.05, 4.69) is 15.3 Å². The molecule has 1 aliphatic rings. The maximum Gasteiger partial charge on any atom is 0.307 e. The highest BCUT2D eigenvalue weighted by Gasteiger charge is 2.48. The SMILES string of the molecule is O=C(O)[C@H]1C[C@H]1C(=O)Nc1cc(Cl)nc(Cl)n1. The van der Waals surface area contributed by atoms with Gasteiger partial charge in [-0.25, -0.2) is 9.97 Å². The smallest absolute Gasteiger partial charge is 0.307 e. The number of rotatable bonds is 3. The summed E-state index contributed by atoms with van der Waals surface area (Å²) >= 11 is 11.2. The first kappa shape index (κ1) is 12.1. The number of hydrogen-bond acceptors (Lipinski definition) is 4. The van der Waals surface area contributed by atoms with Crippen LogP contribution in [0.15, 0.2) is 6.07 Å². The van der Waals surface area contributed by atoms with Crippen molar-refractivity contribution < 1.29 is 14.7 Å². The summed E-state index contributed by atoms with van der Waals surface area (Å²) in [6, 6.07) is 1.34. The Morgan fingerprint density at radius 1 is 1.35 bits per heavy atom. The van der Waals surface area contributed by atoms with Crippen molar-refractivity contribution in [1.82, 2.24) is 9.97 Å². The zero-order valence-corrected chi connectivity index (χ0v) is 9.87. The summed E-state index contributed by atoms with van der Waals surface area (Å²) in [5.74, 6) is -2.33. The van der Waals surface area contributed by atoms with Crippen molar-refractivity contribution in [2.24, 2.45) is 11.8 Å². The van der Waals surface area contributed by atoms with Crippen molar-refractivity contribution in [3.05, 3.63) is 16.5 Å². The Bertz CT molecular complexity index is 474. The molecule has 2 atom stereocenters. The zero-order chi connectivity index (χ0) is 12.6. The van der Waals surface area contributed by atoms with Crippen molar-refractivity contribution in [3.8, 4) is 0 Å². The lowest BCUT2D eigenvalue weighted by Gasteiger charge is -2.03. The van der Waals surface area contributed by atoms with Crippen LogP contribution >= 0.6 is 23.2 Å². The van der Waals surface area contributed by atoms with Crippen molar-refractivity contribution in [1.29, 1.82) is 0 Å². The molecule has 1 fully saturated rings. The van der Waals surface area contributed by atoms with Crippen molar-refractivity contribution in [3.63, 3.8) is 0 Å². The number of carbonyl (C=O) groups excluding carboxylic acids is 1. The highest BCUT2D eigenvalue weighted by atomic mass is 35.5. The molecule has 90 valence electrons. The second-order valence-corrected chi connectivity index (χ2v) is 4.35. The lowest BCUT2D eigenvalue weighted by Crippen LogP contribution is -2.17. The molecule has 0 aromatic carbocycles. The molecule has 0 unspecified atom stereocenters. The van der Waals surface area contributed by atoms with Crippen LogP contribution < -0.4 is 5.32 Å². The number of aromatic nitrogens is 2. The van der Waals surface area contributed by atoms with Gasteiger partial charge >= 0.3 is 5.97 Å². The number of carboxylic acid groups (broad SMARTS) is 1. The summed E-state index contributed by atoms with van der Waals surface area (Å²) in [6.07, 6.45) is 0.341. The molecule has 17 heavy (non-hydrogen) atoms. The first-order valence-electron chi connectivity index (χ1n) is 4.71. The lowest BCUT2D eigenvalue weighted by atomic mass is 10.3. The first-order valence-corrected chi connectivity index (χ1v) is 5.46. The van der Waals surface area contributed by atoms with E-state index in [1.54, 1.807) is 0 Å². The number of anilines is 1. The maximum absolute atomic E-state index is 11.6. The van der Waals surface area contributed by atoms with E-state index in [-0.39, 0.29) is 16.3 Å². The molecule has 2 rings (SSSR count). The summed E-state index contributed by atoms with van der Waals surface area (Å²) < 4.78 is 0. The van der Waals surface area contributed by atoms with E-state index in [0.717, 1.165) is 0 Å². The predicted octanol–water partition coefficient (Wildman–Crippen LogP) is 1.44. The number of halogens is 2. The van der Waals surface area contributed by atoms with Crippen LogP contribution in [0.5, 0.6) is 0 Å².